The highest BCUT2D eigenvalue weighted by Crippen LogP contribution is 2.52. The van der Waals surface area contributed by atoms with Crippen LogP contribution in [-0.4, -0.2) is 61.1 Å². The topological polar surface area (TPSA) is 76.2 Å². The molecule has 1 aliphatic carbocycles. The Morgan fingerprint density at radius 2 is 1.66 bits per heavy atom. The molecule has 3 fully saturated rings. The second-order valence-corrected chi connectivity index (χ2v) is 10.3. The number of hydrogen-bond donors (Lipinski definition) is 0. The van der Waals surface area contributed by atoms with Crippen molar-refractivity contribution in [3.05, 3.63) is 70.8 Å². The number of esters is 1. The normalized spacial score (nSPS) is 24.9. The maximum Gasteiger partial charge on any atom is 0.409 e. The van der Waals surface area contributed by atoms with Crippen LogP contribution in [0.1, 0.15) is 65.1 Å². The van der Waals surface area contributed by atoms with Gasteiger partial charge >= 0.3 is 12.1 Å². The molecule has 0 N–H and O–H groups in total. The quantitative estimate of drug-likeness (QED) is 0.630. The Balaban J connectivity index is 1.15. The fourth-order valence-corrected chi connectivity index (χ4v) is 6.26. The van der Waals surface area contributed by atoms with Crippen molar-refractivity contribution in [3.8, 4) is 0 Å². The second kappa shape index (κ2) is 8.11. The van der Waals surface area contributed by atoms with Crippen LogP contribution in [0.3, 0.4) is 0 Å². The standard InChI is InChI=1S/C28H30N2O5/c1-34-26(33)29-15-10-20(11-16-29)19-6-8-21(9-7-19)27(12-13-27)25(32)30-17-14-28(18-30)23-5-3-2-4-22(23)24(31)35-28/h2-9,20H,10-18H2,1H3/t28-/m0/s1. The summed E-state index contributed by atoms with van der Waals surface area (Å²) in [4.78, 5) is 41.5. The minimum Gasteiger partial charge on any atom is -0.453 e. The summed E-state index contributed by atoms with van der Waals surface area (Å²) in [7, 11) is 1.42. The van der Waals surface area contributed by atoms with E-state index in [1.54, 1.807) is 11.0 Å². The van der Waals surface area contributed by atoms with Crippen LogP contribution < -0.4 is 0 Å². The molecule has 4 aliphatic rings. The Labute approximate surface area is 205 Å². The number of rotatable bonds is 3. The van der Waals surface area contributed by atoms with E-state index in [-0.39, 0.29) is 18.0 Å². The molecule has 35 heavy (non-hydrogen) atoms. The molecule has 0 bridgehead atoms. The first-order chi connectivity index (χ1) is 17.0. The number of piperidine rings is 1. The molecule has 0 unspecified atom stereocenters. The average Bonchev–Trinajstić information content (AvgIpc) is 3.54. The van der Waals surface area contributed by atoms with Crippen LogP contribution in [-0.2, 0) is 25.3 Å². The van der Waals surface area contributed by atoms with Crippen LogP contribution in [0.15, 0.2) is 48.5 Å². The van der Waals surface area contributed by atoms with Gasteiger partial charge in [-0.05, 0) is 48.8 Å². The van der Waals surface area contributed by atoms with E-state index in [0.29, 0.717) is 44.1 Å². The highest BCUT2D eigenvalue weighted by molar-refractivity contribution is 5.96. The van der Waals surface area contributed by atoms with Crippen LogP contribution in [0.2, 0.25) is 0 Å². The van der Waals surface area contributed by atoms with Gasteiger partial charge in [0, 0.05) is 31.6 Å². The van der Waals surface area contributed by atoms with Gasteiger partial charge in [-0.3, -0.25) is 4.79 Å². The molecule has 0 aromatic heterocycles. The molecule has 2 amide bonds. The molecule has 1 atom stereocenters. The molecule has 7 heteroatoms. The molecular weight excluding hydrogens is 444 g/mol. The molecule has 2 aromatic rings. The minimum absolute atomic E-state index is 0.147. The zero-order valence-electron chi connectivity index (χ0n) is 20.0. The lowest BCUT2D eigenvalue weighted by Gasteiger charge is -2.31. The number of likely N-dealkylation sites (tertiary alicyclic amines) is 2. The highest BCUT2D eigenvalue weighted by atomic mass is 16.6. The Bertz CT molecular complexity index is 1180. The summed E-state index contributed by atoms with van der Waals surface area (Å²) in [5, 5.41) is 0. The third-order valence-electron chi connectivity index (χ3n) is 8.47. The molecule has 3 heterocycles. The van der Waals surface area contributed by atoms with Gasteiger partial charge in [0.1, 0.15) is 0 Å². The van der Waals surface area contributed by atoms with Crippen molar-refractivity contribution >= 4 is 18.0 Å². The lowest BCUT2D eigenvalue weighted by Crippen LogP contribution is -2.40. The van der Waals surface area contributed by atoms with Crippen molar-refractivity contribution in [3.63, 3.8) is 0 Å². The Morgan fingerprint density at radius 3 is 2.34 bits per heavy atom. The van der Waals surface area contributed by atoms with E-state index in [1.165, 1.54) is 12.7 Å². The molecule has 1 saturated carbocycles. The van der Waals surface area contributed by atoms with Gasteiger partial charge in [0.15, 0.2) is 5.60 Å². The van der Waals surface area contributed by atoms with Gasteiger partial charge in [-0.1, -0.05) is 42.5 Å². The molecule has 182 valence electrons. The number of ether oxygens (including phenoxy) is 2. The van der Waals surface area contributed by atoms with E-state index in [1.807, 2.05) is 23.1 Å². The van der Waals surface area contributed by atoms with E-state index in [0.717, 1.165) is 36.8 Å². The Morgan fingerprint density at radius 1 is 0.943 bits per heavy atom. The number of amides is 2. The van der Waals surface area contributed by atoms with Crippen LogP contribution in [0.4, 0.5) is 4.79 Å². The highest BCUT2D eigenvalue weighted by Gasteiger charge is 2.57. The molecule has 2 aromatic carbocycles. The van der Waals surface area contributed by atoms with E-state index in [2.05, 4.69) is 24.3 Å². The van der Waals surface area contributed by atoms with E-state index in [4.69, 9.17) is 9.47 Å². The zero-order chi connectivity index (χ0) is 24.2. The van der Waals surface area contributed by atoms with Gasteiger partial charge < -0.3 is 19.3 Å². The van der Waals surface area contributed by atoms with E-state index >= 15 is 0 Å². The molecule has 0 radical (unpaired) electrons. The van der Waals surface area contributed by atoms with Gasteiger partial charge in [0.05, 0.1) is 24.6 Å². The Kier molecular flexibility index (Phi) is 5.13. The summed E-state index contributed by atoms with van der Waals surface area (Å²) in [6.45, 7) is 2.42. The summed E-state index contributed by atoms with van der Waals surface area (Å²) in [6, 6.07) is 16.1. The van der Waals surface area contributed by atoms with E-state index < -0.39 is 11.0 Å². The van der Waals surface area contributed by atoms with Crippen molar-refractivity contribution in [2.45, 2.75) is 49.0 Å². The number of hydrogen-bond acceptors (Lipinski definition) is 5. The number of methoxy groups -OCH3 is 1. The summed E-state index contributed by atoms with van der Waals surface area (Å²) in [5.41, 5.74) is 2.70. The first-order valence-electron chi connectivity index (χ1n) is 12.5. The molecule has 7 nitrogen and oxygen atoms in total. The van der Waals surface area contributed by atoms with E-state index in [9.17, 15) is 14.4 Å². The smallest absolute Gasteiger partial charge is 0.409 e. The summed E-state index contributed by atoms with van der Waals surface area (Å²) >= 11 is 0. The fourth-order valence-electron chi connectivity index (χ4n) is 6.26. The van der Waals surface area contributed by atoms with Crippen molar-refractivity contribution in [1.82, 2.24) is 9.80 Å². The molecule has 1 spiro atoms. The summed E-state index contributed by atoms with van der Waals surface area (Å²) in [5.74, 6) is 0.268. The lowest BCUT2D eigenvalue weighted by atomic mass is 9.86. The molecule has 2 saturated heterocycles. The minimum atomic E-state index is -0.706. The first kappa shape index (κ1) is 22.1. The van der Waals surface area contributed by atoms with Crippen molar-refractivity contribution in [2.75, 3.05) is 33.3 Å². The van der Waals surface area contributed by atoms with Crippen LogP contribution in [0.25, 0.3) is 0 Å². The number of benzene rings is 2. The zero-order valence-corrected chi connectivity index (χ0v) is 20.0. The number of nitrogens with zero attached hydrogens (tertiary/aromatic N) is 2. The maximum absolute atomic E-state index is 13.7. The van der Waals surface area contributed by atoms with Gasteiger partial charge in [-0.2, -0.15) is 0 Å². The van der Waals surface area contributed by atoms with Crippen molar-refractivity contribution in [2.24, 2.45) is 0 Å². The molecule has 3 aliphatic heterocycles. The predicted octanol–water partition coefficient (Wildman–Crippen LogP) is 3.96. The number of fused-ring (bicyclic) bond motifs is 2. The predicted molar refractivity (Wildman–Crippen MR) is 128 cm³/mol. The maximum atomic E-state index is 13.7. The largest absolute Gasteiger partial charge is 0.453 e. The van der Waals surface area contributed by atoms with Gasteiger partial charge in [-0.15, -0.1) is 0 Å². The van der Waals surface area contributed by atoms with Gasteiger partial charge in [0.2, 0.25) is 5.91 Å². The Hall–Kier alpha value is -3.35. The SMILES string of the molecule is COC(=O)N1CCC(c2ccc(C3(C(=O)N4CC[C@@]5(C4)OC(=O)c4ccccc45)CC3)cc2)CC1. The number of carbonyl (C=O) groups is 3. The fraction of sp³-hybridized carbons (Fsp3) is 0.464. The molecule has 6 rings (SSSR count). The monoisotopic (exact) mass is 474 g/mol. The second-order valence-electron chi connectivity index (χ2n) is 10.3. The first-order valence-corrected chi connectivity index (χ1v) is 12.5. The van der Waals surface area contributed by atoms with Crippen LogP contribution in [0, 0.1) is 0 Å². The summed E-state index contributed by atoms with van der Waals surface area (Å²) in [6.07, 6.45) is 3.90. The van der Waals surface area contributed by atoms with Crippen molar-refractivity contribution in [1.29, 1.82) is 0 Å². The summed E-state index contributed by atoms with van der Waals surface area (Å²) < 4.78 is 10.7. The average molecular weight is 475 g/mol. The van der Waals surface area contributed by atoms with Crippen LogP contribution >= 0.6 is 0 Å². The van der Waals surface area contributed by atoms with Gasteiger partial charge in [-0.25, -0.2) is 9.59 Å². The van der Waals surface area contributed by atoms with Gasteiger partial charge in [0.25, 0.3) is 0 Å². The lowest BCUT2D eigenvalue weighted by molar-refractivity contribution is -0.134. The third kappa shape index (κ3) is 3.51. The van der Waals surface area contributed by atoms with Crippen molar-refractivity contribution < 1.29 is 23.9 Å². The van der Waals surface area contributed by atoms with Crippen LogP contribution in [0.5, 0.6) is 0 Å². The number of carbonyl (C=O) groups excluding carboxylic acids is 3. The third-order valence-corrected chi connectivity index (χ3v) is 8.47. The molecular formula is C28H30N2O5.